The first kappa shape index (κ1) is 15.0. The van der Waals surface area contributed by atoms with Crippen LogP contribution in [0.1, 0.15) is 12.0 Å². The Morgan fingerprint density at radius 3 is 2.75 bits per heavy atom. The third-order valence-corrected chi connectivity index (χ3v) is 5.00. The normalized spacial score (nSPS) is 19.0. The van der Waals surface area contributed by atoms with Crippen molar-refractivity contribution in [1.29, 1.82) is 0 Å². The summed E-state index contributed by atoms with van der Waals surface area (Å²) in [4.78, 5) is 12.2. The second-order valence-electron chi connectivity index (χ2n) is 4.87. The predicted octanol–water partition coefficient (Wildman–Crippen LogP) is 0.451. The highest BCUT2D eigenvalue weighted by Crippen LogP contribution is 2.21. The van der Waals surface area contributed by atoms with Crippen molar-refractivity contribution in [1.82, 2.24) is 10.0 Å². The zero-order valence-corrected chi connectivity index (χ0v) is 12.4. The molecule has 7 heteroatoms. The smallest absolute Gasteiger partial charge is 0.240 e. The van der Waals surface area contributed by atoms with Crippen LogP contribution in [-0.2, 0) is 14.8 Å². The Kier molecular flexibility index (Phi) is 4.42. The third kappa shape index (κ3) is 3.17. The molecule has 0 radical (unpaired) electrons. The van der Waals surface area contributed by atoms with Crippen LogP contribution >= 0.6 is 0 Å². The molecule has 0 spiro atoms. The van der Waals surface area contributed by atoms with Crippen LogP contribution in [-0.4, -0.2) is 34.5 Å². The number of amides is 1. The van der Waals surface area contributed by atoms with Gasteiger partial charge in [0.2, 0.25) is 15.9 Å². The molecule has 2 rings (SSSR count). The van der Waals surface area contributed by atoms with E-state index in [0.29, 0.717) is 17.8 Å². The van der Waals surface area contributed by atoms with Crippen molar-refractivity contribution in [2.75, 3.05) is 25.5 Å². The van der Waals surface area contributed by atoms with E-state index < -0.39 is 10.0 Å². The van der Waals surface area contributed by atoms with E-state index in [4.69, 9.17) is 0 Å². The number of hydrogen-bond donors (Lipinski definition) is 3. The van der Waals surface area contributed by atoms with Gasteiger partial charge in [0.15, 0.2) is 0 Å². The maximum absolute atomic E-state index is 12.0. The van der Waals surface area contributed by atoms with Crippen LogP contribution in [0, 0.1) is 12.8 Å². The maximum atomic E-state index is 12.0. The molecule has 0 saturated carbocycles. The standard InChI is InChI=1S/C13H19N3O3S/c1-9-3-4-11(7-12(9)20(18,19)14-2)16-13(17)10-5-6-15-8-10/h3-4,7,10,14-15H,5-6,8H2,1-2H3,(H,16,17). The number of anilines is 1. The molecule has 0 aromatic heterocycles. The number of sulfonamides is 1. The fourth-order valence-electron chi connectivity index (χ4n) is 2.20. The van der Waals surface area contributed by atoms with E-state index >= 15 is 0 Å². The van der Waals surface area contributed by atoms with E-state index in [-0.39, 0.29) is 16.7 Å². The summed E-state index contributed by atoms with van der Waals surface area (Å²) >= 11 is 0. The van der Waals surface area contributed by atoms with Crippen LogP contribution in [0.15, 0.2) is 23.1 Å². The molecule has 6 nitrogen and oxygen atoms in total. The van der Waals surface area contributed by atoms with Crippen LogP contribution < -0.4 is 15.4 Å². The molecule has 1 aliphatic heterocycles. The molecule has 110 valence electrons. The zero-order valence-electron chi connectivity index (χ0n) is 11.6. The second-order valence-corrected chi connectivity index (χ2v) is 6.72. The van der Waals surface area contributed by atoms with Crippen LogP contribution in [0.2, 0.25) is 0 Å². The van der Waals surface area contributed by atoms with Gasteiger partial charge in [0, 0.05) is 12.2 Å². The van der Waals surface area contributed by atoms with E-state index in [1.165, 1.54) is 13.1 Å². The maximum Gasteiger partial charge on any atom is 0.240 e. The first-order valence-corrected chi connectivity index (χ1v) is 7.98. The highest BCUT2D eigenvalue weighted by molar-refractivity contribution is 7.89. The Hall–Kier alpha value is -1.44. The van der Waals surface area contributed by atoms with E-state index in [0.717, 1.165) is 13.0 Å². The number of hydrogen-bond acceptors (Lipinski definition) is 4. The SMILES string of the molecule is CNS(=O)(=O)c1cc(NC(=O)C2CCNC2)ccc1C. The van der Waals surface area contributed by atoms with Crippen molar-refractivity contribution in [3.05, 3.63) is 23.8 Å². The molecule has 1 aliphatic rings. The lowest BCUT2D eigenvalue weighted by molar-refractivity contribution is -0.119. The minimum Gasteiger partial charge on any atom is -0.326 e. The minimum absolute atomic E-state index is 0.0549. The number of carbonyl (C=O) groups excluding carboxylic acids is 1. The monoisotopic (exact) mass is 297 g/mol. The van der Waals surface area contributed by atoms with Gasteiger partial charge in [0.25, 0.3) is 0 Å². The lowest BCUT2D eigenvalue weighted by Gasteiger charge is -2.12. The summed E-state index contributed by atoms with van der Waals surface area (Å²) in [5.41, 5.74) is 1.14. The second kappa shape index (κ2) is 5.90. The molecule has 1 unspecified atom stereocenters. The third-order valence-electron chi connectivity index (χ3n) is 3.45. The van der Waals surface area contributed by atoms with Crippen molar-refractivity contribution in [3.63, 3.8) is 0 Å². The summed E-state index contributed by atoms with van der Waals surface area (Å²) in [6.07, 6.45) is 0.805. The lowest BCUT2D eigenvalue weighted by atomic mass is 10.1. The van der Waals surface area contributed by atoms with Crippen LogP contribution in [0.5, 0.6) is 0 Å². The van der Waals surface area contributed by atoms with Crippen molar-refractivity contribution in [2.24, 2.45) is 5.92 Å². The average Bonchev–Trinajstić information content (AvgIpc) is 2.95. The largest absolute Gasteiger partial charge is 0.326 e. The molecule has 1 aromatic carbocycles. The molecule has 0 aliphatic carbocycles. The average molecular weight is 297 g/mol. The summed E-state index contributed by atoms with van der Waals surface area (Å²) in [5, 5.41) is 5.90. The number of benzene rings is 1. The van der Waals surface area contributed by atoms with Gasteiger partial charge in [-0.2, -0.15) is 0 Å². The Labute approximate surface area is 119 Å². The van der Waals surface area contributed by atoms with Gasteiger partial charge in [-0.1, -0.05) is 6.07 Å². The van der Waals surface area contributed by atoms with Gasteiger partial charge >= 0.3 is 0 Å². The van der Waals surface area contributed by atoms with Gasteiger partial charge in [-0.05, 0) is 44.6 Å². The topological polar surface area (TPSA) is 87.3 Å². The van der Waals surface area contributed by atoms with Gasteiger partial charge in [-0.15, -0.1) is 0 Å². The molecular formula is C13H19N3O3S. The van der Waals surface area contributed by atoms with Crippen molar-refractivity contribution in [2.45, 2.75) is 18.2 Å². The fraction of sp³-hybridized carbons (Fsp3) is 0.462. The highest BCUT2D eigenvalue weighted by atomic mass is 32.2. The molecule has 1 saturated heterocycles. The Morgan fingerprint density at radius 2 is 2.15 bits per heavy atom. The molecule has 20 heavy (non-hydrogen) atoms. The van der Waals surface area contributed by atoms with Crippen LogP contribution in [0.4, 0.5) is 5.69 Å². The van der Waals surface area contributed by atoms with Gasteiger partial charge < -0.3 is 10.6 Å². The fourth-order valence-corrected chi connectivity index (χ4v) is 3.19. The quantitative estimate of drug-likeness (QED) is 0.753. The van der Waals surface area contributed by atoms with Crippen molar-refractivity contribution >= 4 is 21.6 Å². The van der Waals surface area contributed by atoms with Crippen LogP contribution in [0.25, 0.3) is 0 Å². The molecule has 3 N–H and O–H groups in total. The number of carbonyl (C=O) groups is 1. The molecule has 1 atom stereocenters. The Bertz CT molecular complexity index is 607. The number of nitrogens with one attached hydrogen (secondary N) is 3. The number of aryl methyl sites for hydroxylation is 1. The molecule has 1 aromatic rings. The van der Waals surface area contributed by atoms with E-state index in [9.17, 15) is 13.2 Å². The molecule has 0 bridgehead atoms. The lowest BCUT2D eigenvalue weighted by Crippen LogP contribution is -2.25. The Balaban J connectivity index is 2.21. The molecule has 1 fully saturated rings. The minimum atomic E-state index is -3.52. The molecule has 1 heterocycles. The molecular weight excluding hydrogens is 278 g/mol. The number of rotatable bonds is 4. The first-order valence-electron chi connectivity index (χ1n) is 6.50. The Morgan fingerprint density at radius 1 is 1.40 bits per heavy atom. The van der Waals surface area contributed by atoms with Crippen molar-refractivity contribution < 1.29 is 13.2 Å². The molecule has 1 amide bonds. The zero-order chi connectivity index (χ0) is 14.8. The van der Waals surface area contributed by atoms with Gasteiger partial charge in [0.05, 0.1) is 10.8 Å². The van der Waals surface area contributed by atoms with Gasteiger partial charge in [-0.3, -0.25) is 4.79 Å². The summed E-state index contributed by atoms with van der Waals surface area (Å²) in [6, 6.07) is 4.89. The predicted molar refractivity (Wildman–Crippen MR) is 77.0 cm³/mol. The van der Waals surface area contributed by atoms with Crippen molar-refractivity contribution in [3.8, 4) is 0 Å². The highest BCUT2D eigenvalue weighted by Gasteiger charge is 2.23. The summed E-state index contributed by atoms with van der Waals surface area (Å²) in [7, 11) is -2.15. The van der Waals surface area contributed by atoms with E-state index in [2.05, 4.69) is 15.4 Å². The van der Waals surface area contributed by atoms with E-state index in [1.807, 2.05) is 0 Å². The first-order chi connectivity index (χ1) is 9.44. The van der Waals surface area contributed by atoms with Gasteiger partial charge in [-0.25, -0.2) is 13.1 Å². The van der Waals surface area contributed by atoms with Crippen LogP contribution in [0.3, 0.4) is 0 Å². The van der Waals surface area contributed by atoms with E-state index in [1.54, 1.807) is 19.1 Å². The van der Waals surface area contributed by atoms with Gasteiger partial charge in [0.1, 0.15) is 0 Å². The summed E-state index contributed by atoms with van der Waals surface area (Å²) in [6.45, 7) is 3.22. The summed E-state index contributed by atoms with van der Waals surface area (Å²) in [5.74, 6) is -0.132. The summed E-state index contributed by atoms with van der Waals surface area (Å²) < 4.78 is 26.0.